The third-order valence-corrected chi connectivity index (χ3v) is 3.75. The second-order valence-electron chi connectivity index (χ2n) is 6.18. The van der Waals surface area contributed by atoms with Crippen LogP contribution in [0.15, 0.2) is 21.5 Å². The molecule has 21 heavy (non-hydrogen) atoms. The Morgan fingerprint density at radius 2 is 2.10 bits per heavy atom. The van der Waals surface area contributed by atoms with Crippen molar-refractivity contribution in [1.82, 2.24) is 9.55 Å². The molecule has 0 saturated carbocycles. The quantitative estimate of drug-likeness (QED) is 0.686. The SMILES string of the molecule is CCCCCCc1cc2cn(CCC(C)C)c(=O)nc2o1. The van der Waals surface area contributed by atoms with E-state index in [1.807, 2.05) is 12.3 Å². The van der Waals surface area contributed by atoms with Crippen LogP contribution in [-0.4, -0.2) is 9.55 Å². The second-order valence-corrected chi connectivity index (χ2v) is 6.18. The van der Waals surface area contributed by atoms with Gasteiger partial charge in [-0.25, -0.2) is 4.79 Å². The smallest absolute Gasteiger partial charge is 0.350 e. The highest BCUT2D eigenvalue weighted by Gasteiger charge is 2.08. The summed E-state index contributed by atoms with van der Waals surface area (Å²) < 4.78 is 7.38. The van der Waals surface area contributed by atoms with E-state index < -0.39 is 0 Å². The number of aryl methyl sites for hydroxylation is 2. The maximum atomic E-state index is 11.9. The van der Waals surface area contributed by atoms with Crippen LogP contribution in [-0.2, 0) is 13.0 Å². The average molecular weight is 290 g/mol. The van der Waals surface area contributed by atoms with Gasteiger partial charge in [0, 0.05) is 19.2 Å². The number of fused-ring (bicyclic) bond motifs is 1. The van der Waals surface area contributed by atoms with Crippen LogP contribution >= 0.6 is 0 Å². The van der Waals surface area contributed by atoms with Crippen LogP contribution in [0.25, 0.3) is 11.1 Å². The molecule has 0 aliphatic heterocycles. The molecule has 2 aromatic rings. The maximum Gasteiger partial charge on any atom is 0.350 e. The Morgan fingerprint density at radius 1 is 1.29 bits per heavy atom. The number of aromatic nitrogens is 2. The number of rotatable bonds is 8. The lowest BCUT2D eigenvalue weighted by Gasteiger charge is -2.06. The molecule has 2 rings (SSSR count). The summed E-state index contributed by atoms with van der Waals surface area (Å²) in [4.78, 5) is 16.0. The van der Waals surface area contributed by atoms with E-state index in [0.29, 0.717) is 11.6 Å². The zero-order valence-corrected chi connectivity index (χ0v) is 13.4. The van der Waals surface area contributed by atoms with Crippen molar-refractivity contribution in [2.24, 2.45) is 5.92 Å². The molecule has 0 amide bonds. The van der Waals surface area contributed by atoms with E-state index in [1.54, 1.807) is 4.57 Å². The van der Waals surface area contributed by atoms with E-state index in [4.69, 9.17) is 4.42 Å². The first-order chi connectivity index (χ1) is 10.1. The normalized spacial score (nSPS) is 11.6. The highest BCUT2D eigenvalue weighted by molar-refractivity contribution is 5.72. The van der Waals surface area contributed by atoms with Crippen molar-refractivity contribution in [3.8, 4) is 0 Å². The molecule has 0 aliphatic carbocycles. The lowest BCUT2D eigenvalue weighted by molar-refractivity contribution is 0.496. The van der Waals surface area contributed by atoms with E-state index >= 15 is 0 Å². The third-order valence-electron chi connectivity index (χ3n) is 3.75. The zero-order valence-electron chi connectivity index (χ0n) is 13.4. The van der Waals surface area contributed by atoms with Crippen LogP contribution in [0.3, 0.4) is 0 Å². The van der Waals surface area contributed by atoms with Gasteiger partial charge in [0.05, 0.1) is 5.39 Å². The second kappa shape index (κ2) is 7.43. The zero-order chi connectivity index (χ0) is 15.2. The van der Waals surface area contributed by atoms with Gasteiger partial charge in [0.25, 0.3) is 0 Å². The number of unbranched alkanes of at least 4 members (excludes halogenated alkanes) is 3. The molecule has 0 bridgehead atoms. The Bertz CT molecular complexity index is 625. The van der Waals surface area contributed by atoms with Gasteiger partial charge >= 0.3 is 5.69 Å². The van der Waals surface area contributed by atoms with Gasteiger partial charge < -0.3 is 4.42 Å². The Kier molecular flexibility index (Phi) is 5.59. The fourth-order valence-corrected chi connectivity index (χ4v) is 2.41. The molecule has 4 heteroatoms. The van der Waals surface area contributed by atoms with Crippen molar-refractivity contribution in [2.45, 2.75) is 65.8 Å². The maximum absolute atomic E-state index is 11.9. The first-order valence-corrected chi connectivity index (χ1v) is 8.10. The predicted molar refractivity (Wildman–Crippen MR) is 85.6 cm³/mol. The molecule has 0 unspecified atom stereocenters. The van der Waals surface area contributed by atoms with Gasteiger partial charge in [0.2, 0.25) is 5.71 Å². The monoisotopic (exact) mass is 290 g/mol. The molecule has 0 N–H and O–H groups in total. The lowest BCUT2D eigenvalue weighted by Crippen LogP contribution is -2.22. The third kappa shape index (κ3) is 4.45. The van der Waals surface area contributed by atoms with Crippen LogP contribution in [0.4, 0.5) is 0 Å². The van der Waals surface area contributed by atoms with Gasteiger partial charge in [0.1, 0.15) is 5.76 Å². The standard InChI is InChI=1S/C17H26N2O2/c1-4-5-6-7-8-15-11-14-12-19(10-9-13(2)3)17(20)18-16(14)21-15/h11-13H,4-10H2,1-3H3. The van der Waals surface area contributed by atoms with E-state index in [9.17, 15) is 4.79 Å². The number of nitrogens with zero attached hydrogens (tertiary/aromatic N) is 2. The van der Waals surface area contributed by atoms with Crippen molar-refractivity contribution in [2.75, 3.05) is 0 Å². The van der Waals surface area contributed by atoms with E-state index in [1.165, 1.54) is 19.3 Å². The van der Waals surface area contributed by atoms with Gasteiger partial charge in [0.15, 0.2) is 0 Å². The molecule has 0 aliphatic rings. The average Bonchev–Trinajstić information content (AvgIpc) is 2.82. The van der Waals surface area contributed by atoms with Crippen LogP contribution in [0.5, 0.6) is 0 Å². The van der Waals surface area contributed by atoms with Gasteiger partial charge in [-0.2, -0.15) is 4.98 Å². The fraction of sp³-hybridized carbons (Fsp3) is 0.647. The van der Waals surface area contributed by atoms with E-state index in [2.05, 4.69) is 25.8 Å². The van der Waals surface area contributed by atoms with Gasteiger partial charge in [-0.05, 0) is 24.8 Å². The Labute approximate surface area is 126 Å². The summed E-state index contributed by atoms with van der Waals surface area (Å²) in [5.41, 5.74) is 0.265. The molecule has 0 aromatic carbocycles. The molecule has 4 nitrogen and oxygen atoms in total. The van der Waals surface area contributed by atoms with Crippen molar-refractivity contribution in [3.05, 3.63) is 28.5 Å². The highest BCUT2D eigenvalue weighted by atomic mass is 16.3. The van der Waals surface area contributed by atoms with Crippen molar-refractivity contribution < 1.29 is 4.42 Å². The molecule has 2 aromatic heterocycles. The largest absolute Gasteiger partial charge is 0.443 e. The molecule has 0 fully saturated rings. The molecular weight excluding hydrogens is 264 g/mol. The first-order valence-electron chi connectivity index (χ1n) is 8.10. The number of hydrogen-bond acceptors (Lipinski definition) is 3. The van der Waals surface area contributed by atoms with E-state index in [-0.39, 0.29) is 5.69 Å². The minimum absolute atomic E-state index is 0.213. The molecule has 0 saturated heterocycles. The Hall–Kier alpha value is -1.58. The fourth-order valence-electron chi connectivity index (χ4n) is 2.41. The molecule has 0 radical (unpaired) electrons. The van der Waals surface area contributed by atoms with Crippen LogP contribution in [0.1, 0.15) is 58.6 Å². The number of hydrogen-bond donors (Lipinski definition) is 0. The summed E-state index contributed by atoms with van der Waals surface area (Å²) >= 11 is 0. The molecular formula is C17H26N2O2. The van der Waals surface area contributed by atoms with Crippen LogP contribution in [0.2, 0.25) is 0 Å². The molecule has 0 spiro atoms. The van der Waals surface area contributed by atoms with Crippen molar-refractivity contribution in [3.63, 3.8) is 0 Å². The van der Waals surface area contributed by atoms with Crippen molar-refractivity contribution in [1.29, 1.82) is 0 Å². The Balaban J connectivity index is 2.09. The van der Waals surface area contributed by atoms with Crippen LogP contribution < -0.4 is 5.69 Å². The highest BCUT2D eigenvalue weighted by Crippen LogP contribution is 2.18. The Morgan fingerprint density at radius 3 is 2.81 bits per heavy atom. The summed E-state index contributed by atoms with van der Waals surface area (Å²) in [7, 11) is 0. The van der Waals surface area contributed by atoms with Gasteiger partial charge in [-0.3, -0.25) is 4.57 Å². The summed E-state index contributed by atoms with van der Waals surface area (Å²) in [5.74, 6) is 1.51. The summed E-state index contributed by atoms with van der Waals surface area (Å²) in [5, 5.41) is 0.934. The van der Waals surface area contributed by atoms with Crippen molar-refractivity contribution >= 4 is 11.1 Å². The lowest BCUT2D eigenvalue weighted by atomic mass is 10.1. The number of furan rings is 1. The first kappa shape index (κ1) is 15.8. The topological polar surface area (TPSA) is 48.0 Å². The minimum atomic E-state index is -0.213. The molecule has 116 valence electrons. The van der Waals surface area contributed by atoms with Crippen LogP contribution in [0, 0.1) is 5.92 Å². The minimum Gasteiger partial charge on any atom is -0.443 e. The van der Waals surface area contributed by atoms with E-state index in [0.717, 1.165) is 37.0 Å². The van der Waals surface area contributed by atoms with Gasteiger partial charge in [-0.1, -0.05) is 40.0 Å². The summed E-state index contributed by atoms with van der Waals surface area (Å²) in [6, 6.07) is 2.03. The molecule has 0 atom stereocenters. The summed E-state index contributed by atoms with van der Waals surface area (Å²) in [6.07, 6.45) is 8.64. The van der Waals surface area contributed by atoms with Gasteiger partial charge in [-0.15, -0.1) is 0 Å². The summed E-state index contributed by atoms with van der Waals surface area (Å²) in [6.45, 7) is 7.24. The predicted octanol–water partition coefficient (Wildman–Crippen LogP) is 4.16. The molecule has 2 heterocycles.